The summed E-state index contributed by atoms with van der Waals surface area (Å²) in [6.07, 6.45) is 2.24. The molecule has 104 valence electrons. The molecule has 0 fully saturated rings. The molecule has 0 saturated heterocycles. The first-order chi connectivity index (χ1) is 9.04. The van der Waals surface area contributed by atoms with E-state index < -0.39 is 0 Å². The zero-order valence-corrected chi connectivity index (χ0v) is 12.1. The summed E-state index contributed by atoms with van der Waals surface area (Å²) in [6.45, 7) is 6.39. The predicted octanol–water partition coefficient (Wildman–Crippen LogP) is 2.67. The molecule has 1 rings (SSSR count). The molecule has 3 N–H and O–H groups in total. The van der Waals surface area contributed by atoms with Gasteiger partial charge in [-0.3, -0.25) is 0 Å². The van der Waals surface area contributed by atoms with E-state index in [2.05, 4.69) is 37.2 Å². The molecule has 0 bridgehead atoms. The molecule has 0 saturated carbocycles. The van der Waals surface area contributed by atoms with Crippen LogP contribution in [0.15, 0.2) is 18.2 Å². The van der Waals surface area contributed by atoms with Crippen molar-refractivity contribution in [2.24, 2.45) is 0 Å². The summed E-state index contributed by atoms with van der Waals surface area (Å²) in [5.74, 6) is 0. The molecule has 4 nitrogen and oxygen atoms in total. The molecule has 0 unspecified atom stereocenters. The smallest absolute Gasteiger partial charge is 0.0992 e. The zero-order chi connectivity index (χ0) is 14.3. The van der Waals surface area contributed by atoms with Crippen LogP contribution < -0.4 is 11.1 Å². The summed E-state index contributed by atoms with van der Waals surface area (Å²) in [6, 6.07) is 8.02. The molecule has 0 amide bonds. The molecule has 19 heavy (non-hydrogen) atoms. The minimum Gasteiger partial charge on any atom is -0.397 e. The van der Waals surface area contributed by atoms with Crippen molar-refractivity contribution < 1.29 is 0 Å². The van der Waals surface area contributed by atoms with Gasteiger partial charge in [-0.25, -0.2) is 0 Å². The number of rotatable bonds is 7. The van der Waals surface area contributed by atoms with Crippen LogP contribution in [0.5, 0.6) is 0 Å². The molecule has 1 aromatic rings. The van der Waals surface area contributed by atoms with Gasteiger partial charge in [0.1, 0.15) is 0 Å². The number of benzene rings is 1. The minimum absolute atomic E-state index is 0.593. The van der Waals surface area contributed by atoms with Gasteiger partial charge in [-0.2, -0.15) is 5.26 Å². The molecule has 0 aliphatic heterocycles. The van der Waals surface area contributed by atoms with Gasteiger partial charge in [-0.1, -0.05) is 0 Å². The second-order valence-corrected chi connectivity index (χ2v) is 5.12. The van der Waals surface area contributed by atoms with Crippen LogP contribution in [0.3, 0.4) is 0 Å². The fraction of sp³-hybridized carbons (Fsp3) is 0.533. The lowest BCUT2D eigenvalue weighted by molar-refractivity contribution is 0.269. The number of nitriles is 1. The van der Waals surface area contributed by atoms with Crippen LogP contribution in [0.4, 0.5) is 11.4 Å². The Balaban J connectivity index is 2.32. The van der Waals surface area contributed by atoms with E-state index in [0.717, 1.165) is 31.6 Å². The second kappa shape index (κ2) is 7.65. The number of anilines is 2. The number of hydrogen-bond acceptors (Lipinski definition) is 4. The van der Waals surface area contributed by atoms with Crippen LogP contribution in [0.1, 0.15) is 32.3 Å². The molecular formula is C15H24N4. The molecular weight excluding hydrogens is 236 g/mol. The largest absolute Gasteiger partial charge is 0.397 e. The fourth-order valence-electron chi connectivity index (χ4n) is 1.75. The third kappa shape index (κ3) is 5.19. The van der Waals surface area contributed by atoms with Crippen molar-refractivity contribution in [1.29, 1.82) is 5.26 Å². The zero-order valence-electron chi connectivity index (χ0n) is 12.1. The van der Waals surface area contributed by atoms with Gasteiger partial charge in [0.25, 0.3) is 0 Å². The highest BCUT2D eigenvalue weighted by Crippen LogP contribution is 2.19. The lowest BCUT2D eigenvalue weighted by atomic mass is 10.2. The van der Waals surface area contributed by atoms with Crippen molar-refractivity contribution in [3.05, 3.63) is 23.8 Å². The van der Waals surface area contributed by atoms with Crippen molar-refractivity contribution >= 4 is 11.4 Å². The monoisotopic (exact) mass is 260 g/mol. The summed E-state index contributed by atoms with van der Waals surface area (Å²) in [5.41, 5.74) is 8.05. The van der Waals surface area contributed by atoms with Gasteiger partial charge < -0.3 is 16.0 Å². The highest BCUT2D eigenvalue weighted by atomic mass is 15.1. The maximum atomic E-state index is 8.85. The van der Waals surface area contributed by atoms with Gasteiger partial charge in [0, 0.05) is 12.6 Å². The predicted molar refractivity (Wildman–Crippen MR) is 81.1 cm³/mol. The number of nitrogens with zero attached hydrogens (tertiary/aromatic N) is 2. The van der Waals surface area contributed by atoms with Gasteiger partial charge in [-0.05, 0) is 58.5 Å². The first kappa shape index (κ1) is 15.3. The van der Waals surface area contributed by atoms with Crippen LogP contribution >= 0.6 is 0 Å². The van der Waals surface area contributed by atoms with E-state index in [0.29, 0.717) is 17.3 Å². The van der Waals surface area contributed by atoms with Crippen molar-refractivity contribution in [2.75, 3.05) is 31.2 Å². The summed E-state index contributed by atoms with van der Waals surface area (Å²) in [5, 5.41) is 12.1. The van der Waals surface area contributed by atoms with E-state index in [1.165, 1.54) is 0 Å². The van der Waals surface area contributed by atoms with E-state index in [-0.39, 0.29) is 0 Å². The summed E-state index contributed by atoms with van der Waals surface area (Å²) >= 11 is 0. The number of hydrogen-bond donors (Lipinski definition) is 2. The van der Waals surface area contributed by atoms with E-state index >= 15 is 0 Å². The van der Waals surface area contributed by atoms with E-state index in [1.807, 2.05) is 0 Å². The minimum atomic E-state index is 0.593. The van der Waals surface area contributed by atoms with Gasteiger partial charge in [-0.15, -0.1) is 0 Å². The standard InChI is InChI=1S/C15H24N4/c1-12(2)19(3)9-5-4-8-18-15-10-13(11-16)6-7-14(15)17/h6-7,10,12,18H,4-5,8-9,17H2,1-3H3. The Bertz CT molecular complexity index is 434. The lowest BCUT2D eigenvalue weighted by Crippen LogP contribution is -2.27. The Kier molecular flexibility index (Phi) is 6.17. The Morgan fingerprint density at radius 1 is 1.37 bits per heavy atom. The highest BCUT2D eigenvalue weighted by molar-refractivity contribution is 5.68. The van der Waals surface area contributed by atoms with Crippen molar-refractivity contribution in [3.63, 3.8) is 0 Å². The highest BCUT2D eigenvalue weighted by Gasteiger charge is 2.03. The molecule has 0 aromatic heterocycles. The van der Waals surface area contributed by atoms with Crippen LogP contribution in [0.2, 0.25) is 0 Å². The molecule has 0 aliphatic rings. The molecule has 0 atom stereocenters. The third-order valence-electron chi connectivity index (χ3n) is 3.32. The van der Waals surface area contributed by atoms with Gasteiger partial charge >= 0.3 is 0 Å². The summed E-state index contributed by atoms with van der Waals surface area (Å²) in [7, 11) is 2.15. The first-order valence-electron chi connectivity index (χ1n) is 6.78. The molecule has 4 heteroatoms. The topological polar surface area (TPSA) is 65.1 Å². The number of nitrogens with two attached hydrogens (primary N) is 1. The van der Waals surface area contributed by atoms with Gasteiger partial charge in [0.05, 0.1) is 23.0 Å². The van der Waals surface area contributed by atoms with Crippen molar-refractivity contribution in [2.45, 2.75) is 32.7 Å². The Morgan fingerprint density at radius 3 is 2.74 bits per heavy atom. The molecule has 0 spiro atoms. The number of unbranched alkanes of at least 4 members (excludes halogenated alkanes) is 1. The van der Waals surface area contributed by atoms with Crippen LogP contribution in [-0.2, 0) is 0 Å². The normalized spacial score (nSPS) is 10.7. The van der Waals surface area contributed by atoms with Crippen LogP contribution in [0, 0.1) is 11.3 Å². The average Bonchev–Trinajstić information content (AvgIpc) is 2.39. The Hall–Kier alpha value is -1.73. The van der Waals surface area contributed by atoms with E-state index in [9.17, 15) is 0 Å². The van der Waals surface area contributed by atoms with Crippen molar-refractivity contribution in [1.82, 2.24) is 4.90 Å². The lowest BCUT2D eigenvalue weighted by Gasteiger charge is -2.20. The molecule has 0 aliphatic carbocycles. The second-order valence-electron chi connectivity index (χ2n) is 5.12. The average molecular weight is 260 g/mol. The quantitative estimate of drug-likeness (QED) is 0.584. The first-order valence-corrected chi connectivity index (χ1v) is 6.78. The molecule has 1 aromatic carbocycles. The molecule has 0 heterocycles. The van der Waals surface area contributed by atoms with E-state index in [1.54, 1.807) is 18.2 Å². The maximum absolute atomic E-state index is 8.85. The van der Waals surface area contributed by atoms with Crippen molar-refractivity contribution in [3.8, 4) is 6.07 Å². The summed E-state index contributed by atoms with van der Waals surface area (Å²) < 4.78 is 0. The molecule has 0 radical (unpaired) electrons. The number of nitrogen functional groups attached to an aromatic ring is 1. The van der Waals surface area contributed by atoms with Gasteiger partial charge in [0.15, 0.2) is 0 Å². The third-order valence-corrected chi connectivity index (χ3v) is 3.32. The van der Waals surface area contributed by atoms with Crippen LogP contribution in [-0.4, -0.2) is 31.1 Å². The fourth-order valence-corrected chi connectivity index (χ4v) is 1.75. The Morgan fingerprint density at radius 2 is 2.11 bits per heavy atom. The summed E-state index contributed by atoms with van der Waals surface area (Å²) in [4.78, 5) is 2.34. The van der Waals surface area contributed by atoms with Crippen LogP contribution in [0.25, 0.3) is 0 Å². The Labute approximate surface area is 116 Å². The van der Waals surface area contributed by atoms with Gasteiger partial charge in [0.2, 0.25) is 0 Å². The number of nitrogens with one attached hydrogen (secondary N) is 1. The SMILES string of the molecule is CC(C)N(C)CCCCNc1cc(C#N)ccc1N. The maximum Gasteiger partial charge on any atom is 0.0992 e. The van der Waals surface area contributed by atoms with E-state index in [4.69, 9.17) is 11.0 Å².